The highest BCUT2D eigenvalue weighted by Gasteiger charge is 2.12. The number of hydrogen-bond donors (Lipinski definition) is 1. The summed E-state index contributed by atoms with van der Waals surface area (Å²) in [4.78, 5) is 15.7. The third kappa shape index (κ3) is 5.44. The molecule has 0 spiro atoms. The highest BCUT2D eigenvalue weighted by molar-refractivity contribution is 5.77. The molecule has 0 unspecified atom stereocenters. The van der Waals surface area contributed by atoms with Gasteiger partial charge in [-0.1, -0.05) is 36.4 Å². The van der Waals surface area contributed by atoms with Gasteiger partial charge in [0.1, 0.15) is 36.3 Å². The monoisotopic (exact) mass is 446 g/mol. The molecule has 0 aliphatic rings. The molecule has 0 amide bonds. The Balaban J connectivity index is 1.51. The van der Waals surface area contributed by atoms with Crippen LogP contribution in [-0.2, 0) is 31.5 Å². The van der Waals surface area contributed by atoms with Gasteiger partial charge in [-0.15, -0.1) is 0 Å². The summed E-state index contributed by atoms with van der Waals surface area (Å²) in [5.74, 6) is 1.95. The summed E-state index contributed by atoms with van der Waals surface area (Å²) in [6.45, 7) is 0.664. The second kappa shape index (κ2) is 10.1. The van der Waals surface area contributed by atoms with Gasteiger partial charge in [-0.3, -0.25) is 4.79 Å². The van der Waals surface area contributed by atoms with Crippen molar-refractivity contribution in [1.29, 1.82) is 0 Å². The maximum Gasteiger partial charge on any atom is 0.303 e. The highest BCUT2D eigenvalue weighted by Crippen LogP contribution is 2.28. The third-order valence-corrected chi connectivity index (χ3v) is 5.43. The van der Waals surface area contributed by atoms with Crippen molar-refractivity contribution in [3.8, 4) is 17.2 Å². The Morgan fingerprint density at radius 1 is 0.970 bits per heavy atom. The zero-order valence-corrected chi connectivity index (χ0v) is 18.7. The van der Waals surface area contributed by atoms with Crippen LogP contribution in [0.2, 0.25) is 0 Å². The number of carboxylic acid groups (broad SMARTS) is 1. The summed E-state index contributed by atoms with van der Waals surface area (Å²) in [6, 6.07) is 21.1. The van der Waals surface area contributed by atoms with Crippen LogP contribution >= 0.6 is 0 Å². The highest BCUT2D eigenvalue weighted by atomic mass is 16.5. The second-order valence-electron chi connectivity index (χ2n) is 7.67. The maximum absolute atomic E-state index is 11.1. The Bertz CT molecular complexity index is 1250. The summed E-state index contributed by atoms with van der Waals surface area (Å²) in [5, 5.41) is 9.07. The lowest BCUT2D eigenvalue weighted by Crippen LogP contribution is -2.05. The minimum absolute atomic E-state index is 0.0330. The smallest absolute Gasteiger partial charge is 0.303 e. The SMILES string of the molecule is COc1ccc2nc(COc3ccc(CCC(=O)O)c(OCc4ccccc4)c3)n(C)c2c1. The summed E-state index contributed by atoms with van der Waals surface area (Å²) in [5.41, 5.74) is 3.69. The van der Waals surface area contributed by atoms with Gasteiger partial charge >= 0.3 is 5.97 Å². The lowest BCUT2D eigenvalue weighted by molar-refractivity contribution is -0.136. The quantitative estimate of drug-likeness (QED) is 0.378. The molecule has 0 saturated heterocycles. The molecule has 170 valence electrons. The Morgan fingerprint density at radius 3 is 2.52 bits per heavy atom. The number of aliphatic carboxylic acids is 1. The molecule has 1 N–H and O–H groups in total. The van der Waals surface area contributed by atoms with Crippen LogP contribution < -0.4 is 14.2 Å². The summed E-state index contributed by atoms with van der Waals surface area (Å²) >= 11 is 0. The molecule has 1 heterocycles. The number of nitrogens with zero attached hydrogens (tertiary/aromatic N) is 2. The molecule has 3 aromatic carbocycles. The summed E-state index contributed by atoms with van der Waals surface area (Å²) < 4.78 is 19.3. The van der Waals surface area contributed by atoms with Gasteiger partial charge in [0.15, 0.2) is 0 Å². The molecule has 33 heavy (non-hydrogen) atoms. The van der Waals surface area contributed by atoms with Crippen LogP contribution in [0.3, 0.4) is 0 Å². The van der Waals surface area contributed by atoms with E-state index in [1.54, 1.807) is 7.11 Å². The number of aryl methyl sites for hydroxylation is 2. The topological polar surface area (TPSA) is 82.8 Å². The van der Waals surface area contributed by atoms with Crippen molar-refractivity contribution in [2.75, 3.05) is 7.11 Å². The first-order valence-electron chi connectivity index (χ1n) is 10.7. The van der Waals surface area contributed by atoms with E-state index in [1.807, 2.05) is 78.3 Å². The zero-order valence-electron chi connectivity index (χ0n) is 18.7. The van der Waals surface area contributed by atoms with Crippen LogP contribution in [0.25, 0.3) is 11.0 Å². The van der Waals surface area contributed by atoms with E-state index in [4.69, 9.17) is 19.3 Å². The number of rotatable bonds is 10. The number of aromatic nitrogens is 2. The van der Waals surface area contributed by atoms with Crippen LogP contribution in [0.15, 0.2) is 66.7 Å². The Kier molecular flexibility index (Phi) is 6.78. The first kappa shape index (κ1) is 22.2. The van der Waals surface area contributed by atoms with Crippen LogP contribution in [0.5, 0.6) is 17.2 Å². The van der Waals surface area contributed by atoms with E-state index in [2.05, 4.69) is 4.98 Å². The standard InChI is InChI=1S/C26H26N2O5/c1-28-23-14-20(31-2)11-12-22(23)27-25(28)17-32-21-10-8-19(9-13-26(29)30)24(15-21)33-16-18-6-4-3-5-7-18/h3-8,10-12,14-15H,9,13,16-17H2,1-2H3,(H,29,30). The Labute approximate surface area is 192 Å². The lowest BCUT2D eigenvalue weighted by atomic mass is 10.1. The van der Waals surface area contributed by atoms with Crippen molar-refractivity contribution in [3.63, 3.8) is 0 Å². The minimum atomic E-state index is -0.845. The Hall–Kier alpha value is -4.00. The zero-order chi connectivity index (χ0) is 23.2. The van der Waals surface area contributed by atoms with Gasteiger partial charge in [0.2, 0.25) is 0 Å². The number of imidazole rings is 1. The first-order valence-corrected chi connectivity index (χ1v) is 10.7. The lowest BCUT2D eigenvalue weighted by Gasteiger charge is -2.14. The van der Waals surface area contributed by atoms with E-state index >= 15 is 0 Å². The number of hydrogen-bond acceptors (Lipinski definition) is 5. The molecule has 7 heteroatoms. The van der Waals surface area contributed by atoms with Crippen molar-refractivity contribution in [2.45, 2.75) is 26.1 Å². The number of carbonyl (C=O) groups is 1. The molecule has 4 rings (SSSR count). The van der Waals surface area contributed by atoms with Crippen molar-refractivity contribution >= 4 is 17.0 Å². The van der Waals surface area contributed by atoms with Crippen molar-refractivity contribution in [1.82, 2.24) is 9.55 Å². The fourth-order valence-corrected chi connectivity index (χ4v) is 3.57. The van der Waals surface area contributed by atoms with Gasteiger partial charge in [0.25, 0.3) is 0 Å². The van der Waals surface area contributed by atoms with E-state index < -0.39 is 5.97 Å². The molecular formula is C26H26N2O5. The molecule has 0 bridgehead atoms. The van der Waals surface area contributed by atoms with Crippen molar-refractivity contribution in [2.24, 2.45) is 7.05 Å². The predicted molar refractivity (Wildman–Crippen MR) is 125 cm³/mol. The van der Waals surface area contributed by atoms with Gasteiger partial charge in [0.05, 0.1) is 18.1 Å². The van der Waals surface area contributed by atoms with Crippen molar-refractivity contribution < 1.29 is 24.1 Å². The summed E-state index contributed by atoms with van der Waals surface area (Å²) in [6.07, 6.45) is 0.414. The molecular weight excluding hydrogens is 420 g/mol. The largest absolute Gasteiger partial charge is 0.497 e. The second-order valence-corrected chi connectivity index (χ2v) is 7.67. The molecule has 0 fully saturated rings. The molecule has 7 nitrogen and oxygen atoms in total. The minimum Gasteiger partial charge on any atom is -0.497 e. The van der Waals surface area contributed by atoms with Crippen LogP contribution in [0.1, 0.15) is 23.4 Å². The van der Waals surface area contributed by atoms with E-state index in [9.17, 15) is 4.79 Å². The fourth-order valence-electron chi connectivity index (χ4n) is 3.57. The van der Waals surface area contributed by atoms with E-state index in [0.29, 0.717) is 24.5 Å². The van der Waals surface area contributed by atoms with Gasteiger partial charge < -0.3 is 23.9 Å². The molecule has 4 aromatic rings. The van der Waals surface area contributed by atoms with Crippen molar-refractivity contribution in [3.05, 3.63) is 83.7 Å². The van der Waals surface area contributed by atoms with E-state index in [-0.39, 0.29) is 13.0 Å². The average molecular weight is 447 g/mol. The third-order valence-electron chi connectivity index (χ3n) is 5.43. The number of benzene rings is 3. The van der Waals surface area contributed by atoms with Crippen LogP contribution in [0, 0.1) is 0 Å². The summed E-state index contributed by atoms with van der Waals surface area (Å²) in [7, 11) is 3.58. The molecule has 0 saturated carbocycles. The number of methoxy groups -OCH3 is 1. The molecule has 0 atom stereocenters. The number of carboxylic acids is 1. The van der Waals surface area contributed by atoms with Gasteiger partial charge in [-0.05, 0) is 35.7 Å². The first-order chi connectivity index (χ1) is 16.0. The number of ether oxygens (including phenoxy) is 3. The fraction of sp³-hybridized carbons (Fsp3) is 0.231. The van der Waals surface area contributed by atoms with E-state index in [1.165, 1.54) is 0 Å². The molecule has 0 aliphatic heterocycles. The molecule has 0 radical (unpaired) electrons. The van der Waals surface area contributed by atoms with Gasteiger partial charge in [-0.2, -0.15) is 0 Å². The van der Waals surface area contributed by atoms with Gasteiger partial charge in [-0.25, -0.2) is 4.98 Å². The molecule has 1 aromatic heterocycles. The average Bonchev–Trinajstić information content (AvgIpc) is 3.15. The Morgan fingerprint density at radius 2 is 1.76 bits per heavy atom. The van der Waals surface area contributed by atoms with Crippen LogP contribution in [-0.4, -0.2) is 27.7 Å². The normalized spacial score (nSPS) is 10.8. The van der Waals surface area contributed by atoms with Gasteiger partial charge in [0, 0.05) is 25.6 Å². The number of fused-ring (bicyclic) bond motifs is 1. The van der Waals surface area contributed by atoms with E-state index in [0.717, 1.165) is 33.7 Å². The predicted octanol–water partition coefficient (Wildman–Crippen LogP) is 4.76. The maximum atomic E-state index is 11.1. The molecule has 0 aliphatic carbocycles. The van der Waals surface area contributed by atoms with Crippen LogP contribution in [0.4, 0.5) is 0 Å².